The second kappa shape index (κ2) is 6.09. The van der Waals surface area contributed by atoms with E-state index in [0.717, 1.165) is 30.8 Å². The molecule has 0 aliphatic rings. The molecule has 0 bridgehead atoms. The first-order chi connectivity index (χ1) is 9.50. The largest absolute Gasteiger partial charge is 0.416 e. The van der Waals surface area contributed by atoms with Crippen molar-refractivity contribution in [2.75, 3.05) is 6.54 Å². The van der Waals surface area contributed by atoms with Crippen molar-refractivity contribution < 1.29 is 13.2 Å². The lowest BCUT2D eigenvalue weighted by Crippen LogP contribution is -2.13. The molecule has 0 aliphatic heterocycles. The molecule has 0 atom stereocenters. The molecule has 0 spiro atoms. The van der Waals surface area contributed by atoms with Gasteiger partial charge in [-0.05, 0) is 31.2 Å². The lowest BCUT2D eigenvalue weighted by Gasteiger charge is -2.06. The van der Waals surface area contributed by atoms with Gasteiger partial charge in [-0.25, -0.2) is 0 Å². The highest BCUT2D eigenvalue weighted by Crippen LogP contribution is 2.30. The van der Waals surface area contributed by atoms with Gasteiger partial charge in [0, 0.05) is 17.8 Å². The van der Waals surface area contributed by atoms with Crippen LogP contribution in [0.2, 0.25) is 0 Å². The third kappa shape index (κ3) is 3.60. The average Bonchev–Trinajstić information content (AvgIpc) is 2.87. The molecule has 20 heavy (non-hydrogen) atoms. The van der Waals surface area contributed by atoms with E-state index in [-0.39, 0.29) is 0 Å². The molecule has 6 heteroatoms. The molecule has 0 aliphatic carbocycles. The van der Waals surface area contributed by atoms with Crippen LogP contribution < -0.4 is 5.32 Å². The lowest BCUT2D eigenvalue weighted by atomic mass is 10.1. The smallest absolute Gasteiger partial charge is 0.311 e. The van der Waals surface area contributed by atoms with Crippen molar-refractivity contribution in [2.24, 2.45) is 0 Å². The van der Waals surface area contributed by atoms with Crippen molar-refractivity contribution in [3.63, 3.8) is 0 Å². The van der Waals surface area contributed by atoms with Gasteiger partial charge in [-0.15, -0.1) is 0 Å². The standard InChI is InChI=1S/C14H16F3N3/c1-2-7-18-9-12-8-13(20-19-12)10-3-5-11(6-4-10)14(15,16)17/h3-6,8,18H,2,7,9H2,1H3,(H,19,20). The van der Waals surface area contributed by atoms with Crippen molar-refractivity contribution in [2.45, 2.75) is 26.1 Å². The topological polar surface area (TPSA) is 40.7 Å². The number of halogens is 3. The van der Waals surface area contributed by atoms with Gasteiger partial charge in [-0.3, -0.25) is 5.10 Å². The summed E-state index contributed by atoms with van der Waals surface area (Å²) in [6, 6.07) is 6.84. The monoisotopic (exact) mass is 283 g/mol. The number of aromatic amines is 1. The molecule has 0 radical (unpaired) electrons. The van der Waals surface area contributed by atoms with E-state index >= 15 is 0 Å². The zero-order valence-corrected chi connectivity index (χ0v) is 11.1. The number of aromatic nitrogens is 2. The summed E-state index contributed by atoms with van der Waals surface area (Å²) < 4.78 is 37.4. The summed E-state index contributed by atoms with van der Waals surface area (Å²) >= 11 is 0. The van der Waals surface area contributed by atoms with Crippen molar-refractivity contribution in [1.29, 1.82) is 0 Å². The van der Waals surface area contributed by atoms with Gasteiger partial charge in [-0.1, -0.05) is 19.1 Å². The SMILES string of the molecule is CCCNCc1cc(-c2ccc(C(F)(F)F)cc2)n[nH]1. The molecule has 0 saturated heterocycles. The van der Waals surface area contributed by atoms with Crippen LogP contribution in [0.15, 0.2) is 30.3 Å². The van der Waals surface area contributed by atoms with Crippen LogP contribution in [-0.2, 0) is 12.7 Å². The molecule has 0 amide bonds. The first-order valence-corrected chi connectivity index (χ1v) is 6.43. The predicted octanol–water partition coefficient (Wildman–Crippen LogP) is 3.60. The maximum atomic E-state index is 12.5. The maximum Gasteiger partial charge on any atom is 0.416 e. The predicted molar refractivity (Wildman–Crippen MR) is 71.0 cm³/mol. The Morgan fingerprint density at radius 3 is 2.50 bits per heavy atom. The Balaban J connectivity index is 2.08. The van der Waals surface area contributed by atoms with Crippen molar-refractivity contribution >= 4 is 0 Å². The van der Waals surface area contributed by atoms with Crippen LogP contribution in [0.4, 0.5) is 13.2 Å². The first-order valence-electron chi connectivity index (χ1n) is 6.43. The molecule has 2 rings (SSSR count). The third-order valence-corrected chi connectivity index (χ3v) is 2.88. The Morgan fingerprint density at radius 1 is 1.20 bits per heavy atom. The Morgan fingerprint density at radius 2 is 1.90 bits per heavy atom. The molecule has 108 valence electrons. The molecule has 1 aromatic carbocycles. The fraction of sp³-hybridized carbons (Fsp3) is 0.357. The van der Waals surface area contributed by atoms with Gasteiger partial charge in [0.1, 0.15) is 0 Å². The van der Waals surface area contributed by atoms with E-state index in [1.54, 1.807) is 0 Å². The van der Waals surface area contributed by atoms with E-state index in [0.29, 0.717) is 17.8 Å². The van der Waals surface area contributed by atoms with Crippen LogP contribution in [0, 0.1) is 0 Å². The zero-order chi connectivity index (χ0) is 14.6. The van der Waals surface area contributed by atoms with Gasteiger partial charge in [-0.2, -0.15) is 18.3 Å². The summed E-state index contributed by atoms with van der Waals surface area (Å²) in [6.07, 6.45) is -3.26. The first kappa shape index (κ1) is 14.6. The second-order valence-electron chi connectivity index (χ2n) is 4.53. The van der Waals surface area contributed by atoms with Gasteiger partial charge < -0.3 is 5.32 Å². The summed E-state index contributed by atoms with van der Waals surface area (Å²) in [6.45, 7) is 3.66. The Labute approximate surface area is 115 Å². The third-order valence-electron chi connectivity index (χ3n) is 2.88. The maximum absolute atomic E-state index is 12.5. The Hall–Kier alpha value is -1.82. The molecule has 0 fully saturated rings. The number of benzene rings is 1. The molecule has 3 nitrogen and oxygen atoms in total. The molecule has 0 unspecified atom stereocenters. The number of alkyl halides is 3. The van der Waals surface area contributed by atoms with Gasteiger partial charge in [0.25, 0.3) is 0 Å². The number of rotatable bonds is 5. The van der Waals surface area contributed by atoms with E-state index in [9.17, 15) is 13.2 Å². The van der Waals surface area contributed by atoms with E-state index in [1.165, 1.54) is 12.1 Å². The number of hydrogen-bond donors (Lipinski definition) is 2. The molecular weight excluding hydrogens is 267 g/mol. The minimum Gasteiger partial charge on any atom is -0.311 e. The highest BCUT2D eigenvalue weighted by Gasteiger charge is 2.30. The average molecular weight is 283 g/mol. The Bertz CT molecular complexity index is 544. The second-order valence-corrected chi connectivity index (χ2v) is 4.53. The van der Waals surface area contributed by atoms with Gasteiger partial charge in [0.2, 0.25) is 0 Å². The quantitative estimate of drug-likeness (QED) is 0.823. The van der Waals surface area contributed by atoms with Crippen LogP contribution in [0.5, 0.6) is 0 Å². The summed E-state index contributed by atoms with van der Waals surface area (Å²) in [7, 11) is 0. The summed E-state index contributed by atoms with van der Waals surface area (Å²) in [5, 5.41) is 10.2. The minimum absolute atomic E-state index is 0.645. The van der Waals surface area contributed by atoms with Crippen LogP contribution in [0.25, 0.3) is 11.3 Å². The van der Waals surface area contributed by atoms with Crippen LogP contribution >= 0.6 is 0 Å². The normalized spacial score (nSPS) is 11.8. The molecule has 2 N–H and O–H groups in total. The molecule has 0 saturated carbocycles. The van der Waals surface area contributed by atoms with Gasteiger partial charge in [0.05, 0.1) is 11.3 Å². The summed E-state index contributed by atoms with van der Waals surface area (Å²) in [5.41, 5.74) is 1.57. The number of nitrogens with zero attached hydrogens (tertiary/aromatic N) is 1. The molecule has 1 aromatic heterocycles. The van der Waals surface area contributed by atoms with Crippen LogP contribution in [0.3, 0.4) is 0 Å². The fourth-order valence-corrected chi connectivity index (χ4v) is 1.83. The van der Waals surface area contributed by atoms with E-state index < -0.39 is 11.7 Å². The van der Waals surface area contributed by atoms with Gasteiger partial charge >= 0.3 is 6.18 Å². The molecule has 2 aromatic rings. The highest BCUT2D eigenvalue weighted by atomic mass is 19.4. The lowest BCUT2D eigenvalue weighted by molar-refractivity contribution is -0.137. The van der Waals surface area contributed by atoms with E-state index in [2.05, 4.69) is 22.4 Å². The Kier molecular flexibility index (Phi) is 4.44. The van der Waals surface area contributed by atoms with E-state index in [1.807, 2.05) is 6.07 Å². The highest BCUT2D eigenvalue weighted by molar-refractivity contribution is 5.59. The summed E-state index contributed by atoms with van der Waals surface area (Å²) in [5.74, 6) is 0. The number of H-pyrrole nitrogens is 1. The summed E-state index contributed by atoms with van der Waals surface area (Å²) in [4.78, 5) is 0. The molecule has 1 heterocycles. The fourth-order valence-electron chi connectivity index (χ4n) is 1.83. The van der Waals surface area contributed by atoms with Crippen molar-refractivity contribution in [1.82, 2.24) is 15.5 Å². The van der Waals surface area contributed by atoms with Crippen LogP contribution in [-0.4, -0.2) is 16.7 Å². The zero-order valence-electron chi connectivity index (χ0n) is 11.1. The van der Waals surface area contributed by atoms with Crippen LogP contribution in [0.1, 0.15) is 24.6 Å². The van der Waals surface area contributed by atoms with Crippen molar-refractivity contribution in [3.05, 3.63) is 41.6 Å². The minimum atomic E-state index is -4.31. The molecular formula is C14H16F3N3. The van der Waals surface area contributed by atoms with Gasteiger partial charge in [0.15, 0.2) is 0 Å². The number of hydrogen-bond acceptors (Lipinski definition) is 2. The number of nitrogens with one attached hydrogen (secondary N) is 2. The van der Waals surface area contributed by atoms with Crippen molar-refractivity contribution in [3.8, 4) is 11.3 Å². The van der Waals surface area contributed by atoms with E-state index in [4.69, 9.17) is 0 Å².